The largest absolute Gasteiger partial charge is 0.212 e. The Morgan fingerprint density at radius 1 is 0.667 bits per heavy atom. The van der Waals surface area contributed by atoms with Crippen LogP contribution in [0.1, 0.15) is 32.1 Å². The normalized spacial score (nSPS) is 15.9. The van der Waals surface area contributed by atoms with E-state index in [1.54, 1.807) is 0 Å². The molecule has 108 valence electrons. The number of hydrogen-bond acceptors (Lipinski definition) is 0. The van der Waals surface area contributed by atoms with Crippen molar-refractivity contribution >= 4 is 17.6 Å². The van der Waals surface area contributed by atoms with Crippen LogP contribution in [-0.4, -0.2) is 6.71 Å². The molecule has 2 aromatic rings. The van der Waals surface area contributed by atoms with Crippen LogP contribution in [0.2, 0.25) is 5.82 Å². The second-order valence-corrected chi connectivity index (χ2v) is 5.98. The maximum Gasteiger partial charge on any atom is 0.212 e. The first-order valence-corrected chi connectivity index (χ1v) is 7.75. The van der Waals surface area contributed by atoms with Crippen molar-refractivity contribution in [2.24, 2.45) is 0 Å². The first-order chi connectivity index (χ1) is 10.2. The predicted molar refractivity (Wildman–Crippen MR) is 84.7 cm³/mol. The van der Waals surface area contributed by atoms with E-state index in [2.05, 4.69) is 0 Å². The Morgan fingerprint density at radius 3 is 1.52 bits per heavy atom. The number of benzene rings is 2. The van der Waals surface area contributed by atoms with E-state index in [4.69, 9.17) is 0 Å². The fourth-order valence-electron chi connectivity index (χ4n) is 3.54. The maximum atomic E-state index is 13.2. The molecule has 3 rings (SSSR count). The standard InChI is InChI=1S/C18H19BF2/c20-17-10-6-15(7-11-17)19(14-4-2-1-3-5-14)16-8-12-18(21)13-9-16/h6-14H,1-5H2. The Bertz CT molecular complexity index is 526. The van der Waals surface area contributed by atoms with Crippen molar-refractivity contribution in [1.82, 2.24) is 0 Å². The summed E-state index contributed by atoms with van der Waals surface area (Å²) < 4.78 is 26.4. The van der Waals surface area contributed by atoms with Gasteiger partial charge in [0, 0.05) is 0 Å². The summed E-state index contributed by atoms with van der Waals surface area (Å²) >= 11 is 0. The number of halogens is 2. The van der Waals surface area contributed by atoms with Crippen LogP contribution < -0.4 is 10.9 Å². The van der Waals surface area contributed by atoms with E-state index in [0.717, 1.165) is 10.9 Å². The lowest BCUT2D eigenvalue weighted by molar-refractivity contribution is 0.499. The summed E-state index contributed by atoms with van der Waals surface area (Å²) in [4.78, 5) is 0. The van der Waals surface area contributed by atoms with Crippen LogP contribution in [0.25, 0.3) is 0 Å². The van der Waals surface area contributed by atoms with Crippen LogP contribution in [0.4, 0.5) is 8.78 Å². The highest BCUT2D eigenvalue weighted by Crippen LogP contribution is 2.31. The van der Waals surface area contributed by atoms with Crippen molar-refractivity contribution in [1.29, 1.82) is 0 Å². The van der Waals surface area contributed by atoms with Gasteiger partial charge in [0.15, 0.2) is 0 Å². The van der Waals surface area contributed by atoms with Crippen LogP contribution >= 0.6 is 0 Å². The van der Waals surface area contributed by atoms with Gasteiger partial charge in [0.05, 0.1) is 0 Å². The van der Waals surface area contributed by atoms with Gasteiger partial charge in [-0.1, -0.05) is 73.1 Å². The average Bonchev–Trinajstić information content (AvgIpc) is 2.52. The molecule has 0 heterocycles. The fraction of sp³-hybridized carbons (Fsp3) is 0.333. The molecule has 1 aliphatic rings. The van der Waals surface area contributed by atoms with Gasteiger partial charge in [-0.25, -0.2) is 8.78 Å². The molecule has 0 aliphatic heterocycles. The van der Waals surface area contributed by atoms with Crippen LogP contribution in [0.5, 0.6) is 0 Å². The minimum absolute atomic E-state index is 0.208. The zero-order valence-electron chi connectivity index (χ0n) is 12.1. The molecule has 0 saturated heterocycles. The highest BCUT2D eigenvalue weighted by molar-refractivity contribution is 6.86. The number of hydrogen-bond donors (Lipinski definition) is 0. The minimum Gasteiger partial charge on any atom is -0.207 e. The lowest BCUT2D eigenvalue weighted by Gasteiger charge is -2.28. The fourth-order valence-corrected chi connectivity index (χ4v) is 3.54. The summed E-state index contributed by atoms with van der Waals surface area (Å²) in [7, 11) is 0. The topological polar surface area (TPSA) is 0 Å². The van der Waals surface area contributed by atoms with Crippen molar-refractivity contribution in [3.63, 3.8) is 0 Å². The van der Waals surface area contributed by atoms with Gasteiger partial charge in [-0.15, -0.1) is 0 Å². The van der Waals surface area contributed by atoms with E-state index in [0.29, 0.717) is 5.82 Å². The molecule has 2 aromatic carbocycles. The van der Waals surface area contributed by atoms with Crippen molar-refractivity contribution in [3.8, 4) is 0 Å². The van der Waals surface area contributed by atoms with E-state index >= 15 is 0 Å². The molecule has 3 heteroatoms. The zero-order valence-corrected chi connectivity index (χ0v) is 12.1. The molecule has 1 fully saturated rings. The van der Waals surface area contributed by atoms with Gasteiger partial charge >= 0.3 is 0 Å². The summed E-state index contributed by atoms with van der Waals surface area (Å²) in [5.41, 5.74) is 2.27. The molecule has 0 N–H and O–H groups in total. The molecule has 1 aliphatic carbocycles. The zero-order chi connectivity index (χ0) is 14.7. The molecule has 1 saturated carbocycles. The molecule has 0 aromatic heterocycles. The van der Waals surface area contributed by atoms with E-state index in [9.17, 15) is 8.78 Å². The van der Waals surface area contributed by atoms with E-state index in [-0.39, 0.29) is 18.3 Å². The monoisotopic (exact) mass is 284 g/mol. The Labute approximate surface area is 125 Å². The molecule has 0 nitrogen and oxygen atoms in total. The predicted octanol–water partition coefficient (Wildman–Crippen LogP) is 3.91. The van der Waals surface area contributed by atoms with Crippen molar-refractivity contribution in [2.45, 2.75) is 37.9 Å². The van der Waals surface area contributed by atoms with E-state index < -0.39 is 0 Å². The Kier molecular flexibility index (Phi) is 4.38. The third-order valence-electron chi connectivity index (χ3n) is 4.58. The first kappa shape index (κ1) is 14.3. The number of rotatable bonds is 3. The highest BCUT2D eigenvalue weighted by Gasteiger charge is 2.30. The van der Waals surface area contributed by atoms with E-state index in [1.165, 1.54) is 56.4 Å². The molecule has 0 spiro atoms. The minimum atomic E-state index is -0.208. The molecular formula is C18H19BF2. The van der Waals surface area contributed by atoms with Gasteiger partial charge in [0.25, 0.3) is 0 Å². The summed E-state index contributed by atoms with van der Waals surface area (Å²) in [6, 6.07) is 13.6. The molecule has 0 atom stereocenters. The van der Waals surface area contributed by atoms with Crippen LogP contribution in [0.3, 0.4) is 0 Å². The molecule has 0 radical (unpaired) electrons. The second-order valence-electron chi connectivity index (χ2n) is 5.98. The second kappa shape index (κ2) is 6.42. The van der Waals surface area contributed by atoms with Crippen LogP contribution in [0.15, 0.2) is 48.5 Å². The summed E-state index contributed by atoms with van der Waals surface area (Å²) in [5.74, 6) is 0.148. The van der Waals surface area contributed by atoms with Crippen molar-refractivity contribution in [2.75, 3.05) is 0 Å². The third kappa shape index (κ3) is 3.34. The average molecular weight is 284 g/mol. The summed E-state index contributed by atoms with van der Waals surface area (Å²) in [5, 5.41) is 0. The van der Waals surface area contributed by atoms with Gasteiger partial charge in [-0.05, 0) is 24.3 Å². The first-order valence-electron chi connectivity index (χ1n) is 7.75. The lowest BCUT2D eigenvalue weighted by Crippen LogP contribution is -2.46. The Morgan fingerprint density at radius 2 is 1.10 bits per heavy atom. The molecule has 0 unspecified atom stereocenters. The Hall–Kier alpha value is -1.64. The SMILES string of the molecule is Fc1ccc(B(c2ccc(F)cc2)C2CCCCC2)cc1. The highest BCUT2D eigenvalue weighted by atomic mass is 19.1. The third-order valence-corrected chi connectivity index (χ3v) is 4.58. The van der Waals surface area contributed by atoms with Gasteiger partial charge in [-0.3, -0.25) is 0 Å². The Balaban J connectivity index is 1.97. The van der Waals surface area contributed by atoms with Gasteiger partial charge < -0.3 is 0 Å². The lowest BCUT2D eigenvalue weighted by atomic mass is 9.32. The molecule has 0 amide bonds. The smallest absolute Gasteiger partial charge is 0.207 e. The van der Waals surface area contributed by atoms with Crippen molar-refractivity contribution in [3.05, 3.63) is 60.2 Å². The maximum absolute atomic E-state index is 13.2. The van der Waals surface area contributed by atoms with E-state index in [1.807, 2.05) is 24.3 Å². The van der Waals surface area contributed by atoms with Crippen LogP contribution in [-0.2, 0) is 0 Å². The molecular weight excluding hydrogens is 265 g/mol. The van der Waals surface area contributed by atoms with Gasteiger partial charge in [0.1, 0.15) is 11.6 Å². The van der Waals surface area contributed by atoms with Gasteiger partial charge in [0.2, 0.25) is 6.71 Å². The molecule has 21 heavy (non-hydrogen) atoms. The summed E-state index contributed by atoms with van der Waals surface area (Å²) in [6.45, 7) is 0.242. The van der Waals surface area contributed by atoms with Crippen LogP contribution in [0, 0.1) is 11.6 Å². The van der Waals surface area contributed by atoms with Gasteiger partial charge in [-0.2, -0.15) is 0 Å². The molecule has 0 bridgehead atoms. The summed E-state index contributed by atoms with van der Waals surface area (Å²) in [6.07, 6.45) is 6.20. The van der Waals surface area contributed by atoms with Crippen molar-refractivity contribution < 1.29 is 8.78 Å². The quantitative estimate of drug-likeness (QED) is 0.750.